The number of fused-ring (bicyclic) bond motifs is 2. The average molecular weight is 498 g/mol. The molecule has 2 aromatic heterocycles. The molecule has 1 aliphatic rings. The number of carbonyl (C=O) groups excluding carboxylic acids is 1. The minimum atomic E-state index is -0.957. The van der Waals surface area contributed by atoms with Crippen LogP contribution in [-0.4, -0.2) is 57.0 Å². The van der Waals surface area contributed by atoms with E-state index in [2.05, 4.69) is 21.5 Å². The third kappa shape index (κ3) is 3.75. The van der Waals surface area contributed by atoms with Gasteiger partial charge in [0.15, 0.2) is 11.5 Å². The number of phenols is 1. The van der Waals surface area contributed by atoms with E-state index < -0.39 is 28.5 Å². The van der Waals surface area contributed by atoms with Crippen molar-refractivity contribution < 1.29 is 18.7 Å². The van der Waals surface area contributed by atoms with Gasteiger partial charge in [0.05, 0.1) is 22.5 Å². The van der Waals surface area contributed by atoms with Crippen molar-refractivity contribution in [1.29, 1.82) is 0 Å². The fourth-order valence-electron chi connectivity index (χ4n) is 4.37. The van der Waals surface area contributed by atoms with Crippen molar-refractivity contribution in [3.05, 3.63) is 70.1 Å². The van der Waals surface area contributed by atoms with Gasteiger partial charge in [-0.15, -0.1) is 0 Å². The quantitative estimate of drug-likeness (QED) is 0.331. The molecule has 0 aliphatic carbocycles. The molecule has 0 saturated carbocycles. The number of pyridine rings is 1. The van der Waals surface area contributed by atoms with Gasteiger partial charge in [0.1, 0.15) is 22.6 Å². The van der Waals surface area contributed by atoms with Crippen LogP contribution in [0.2, 0.25) is 5.02 Å². The number of phenolic OH excluding ortho intramolecular Hbond substituents is 1. The molecule has 0 spiro atoms. The van der Waals surface area contributed by atoms with Gasteiger partial charge in [-0.05, 0) is 24.3 Å². The van der Waals surface area contributed by atoms with Gasteiger partial charge in [-0.3, -0.25) is 9.59 Å². The van der Waals surface area contributed by atoms with Gasteiger partial charge in [-0.1, -0.05) is 24.2 Å². The van der Waals surface area contributed by atoms with Crippen molar-refractivity contribution in [3.63, 3.8) is 0 Å². The molecule has 5 rings (SSSR count). The SMILES string of the molecule is C=CC(=O)N1CCN(c2c3cc(Cl)c(-c4c(O)cccc4F)c(F)c3nc3[nH]c(=O)cnc23)CC1. The van der Waals surface area contributed by atoms with E-state index >= 15 is 4.39 Å². The first-order valence-corrected chi connectivity index (χ1v) is 11.0. The van der Waals surface area contributed by atoms with E-state index in [1.807, 2.05) is 4.90 Å². The topological polar surface area (TPSA) is 102 Å². The van der Waals surface area contributed by atoms with Crippen LogP contribution in [0.5, 0.6) is 5.75 Å². The Labute approximate surface area is 202 Å². The first-order valence-electron chi connectivity index (χ1n) is 10.6. The predicted molar refractivity (Wildman–Crippen MR) is 129 cm³/mol. The molecule has 2 aromatic carbocycles. The van der Waals surface area contributed by atoms with Gasteiger partial charge in [0, 0.05) is 37.1 Å². The average Bonchev–Trinajstić information content (AvgIpc) is 2.84. The molecular weight excluding hydrogens is 480 g/mol. The van der Waals surface area contributed by atoms with Crippen LogP contribution in [0.1, 0.15) is 0 Å². The van der Waals surface area contributed by atoms with Crippen LogP contribution in [0.3, 0.4) is 0 Å². The van der Waals surface area contributed by atoms with E-state index in [9.17, 15) is 19.1 Å². The van der Waals surface area contributed by atoms with Crippen LogP contribution in [0, 0.1) is 11.6 Å². The molecule has 3 heterocycles. The fraction of sp³-hybridized carbons (Fsp3) is 0.167. The van der Waals surface area contributed by atoms with Crippen LogP contribution >= 0.6 is 11.6 Å². The Morgan fingerprint density at radius 2 is 1.91 bits per heavy atom. The van der Waals surface area contributed by atoms with Crippen LogP contribution in [0.15, 0.2) is 47.9 Å². The fourth-order valence-corrected chi connectivity index (χ4v) is 4.66. The first kappa shape index (κ1) is 22.7. The third-order valence-electron chi connectivity index (χ3n) is 6.00. The van der Waals surface area contributed by atoms with E-state index in [0.717, 1.165) is 12.3 Å². The highest BCUT2D eigenvalue weighted by atomic mass is 35.5. The van der Waals surface area contributed by atoms with Crippen molar-refractivity contribution in [2.45, 2.75) is 0 Å². The van der Waals surface area contributed by atoms with E-state index in [-0.39, 0.29) is 27.7 Å². The van der Waals surface area contributed by atoms with Crippen molar-refractivity contribution in [1.82, 2.24) is 19.9 Å². The maximum absolute atomic E-state index is 15.9. The smallest absolute Gasteiger partial charge is 0.268 e. The number of benzene rings is 2. The summed E-state index contributed by atoms with van der Waals surface area (Å²) >= 11 is 6.45. The summed E-state index contributed by atoms with van der Waals surface area (Å²) in [5, 5.41) is 10.4. The number of aromatic nitrogens is 3. The van der Waals surface area contributed by atoms with Gasteiger partial charge in [0.2, 0.25) is 5.91 Å². The minimum absolute atomic E-state index is 0.0366. The van der Waals surface area contributed by atoms with Crippen LogP contribution in [0.4, 0.5) is 14.5 Å². The van der Waals surface area contributed by atoms with E-state index in [4.69, 9.17) is 11.6 Å². The molecule has 11 heteroatoms. The summed E-state index contributed by atoms with van der Waals surface area (Å²) in [5.41, 5.74) is -0.623. The lowest BCUT2D eigenvalue weighted by molar-refractivity contribution is -0.126. The molecule has 0 atom stereocenters. The zero-order valence-corrected chi connectivity index (χ0v) is 18.9. The second kappa shape index (κ2) is 8.62. The highest BCUT2D eigenvalue weighted by Crippen LogP contribution is 2.43. The minimum Gasteiger partial charge on any atom is -0.507 e. The molecule has 35 heavy (non-hydrogen) atoms. The molecule has 1 saturated heterocycles. The largest absolute Gasteiger partial charge is 0.507 e. The summed E-state index contributed by atoms with van der Waals surface area (Å²) in [7, 11) is 0. The number of rotatable bonds is 3. The van der Waals surface area contributed by atoms with Crippen LogP contribution in [0.25, 0.3) is 33.2 Å². The number of nitrogens with one attached hydrogen (secondary N) is 1. The lowest BCUT2D eigenvalue weighted by atomic mass is 9.99. The number of hydrogen-bond acceptors (Lipinski definition) is 6. The van der Waals surface area contributed by atoms with Crippen molar-refractivity contribution >= 4 is 45.3 Å². The number of hydrogen-bond donors (Lipinski definition) is 2. The normalized spacial score (nSPS) is 14.0. The van der Waals surface area contributed by atoms with Crippen molar-refractivity contribution in [3.8, 4) is 16.9 Å². The van der Waals surface area contributed by atoms with Gasteiger partial charge in [-0.25, -0.2) is 18.7 Å². The lowest BCUT2D eigenvalue weighted by Crippen LogP contribution is -2.48. The summed E-state index contributed by atoms with van der Waals surface area (Å²) in [4.78, 5) is 38.6. The Balaban J connectivity index is 1.77. The molecule has 1 aliphatic heterocycles. The Morgan fingerprint density at radius 3 is 2.60 bits per heavy atom. The van der Waals surface area contributed by atoms with Crippen molar-refractivity contribution in [2.24, 2.45) is 0 Å². The molecule has 0 radical (unpaired) electrons. The van der Waals surface area contributed by atoms with Crippen LogP contribution in [-0.2, 0) is 4.79 Å². The maximum Gasteiger partial charge on any atom is 0.268 e. The first-order chi connectivity index (χ1) is 16.8. The molecule has 178 valence electrons. The molecule has 1 amide bonds. The number of halogens is 3. The maximum atomic E-state index is 15.9. The highest BCUT2D eigenvalue weighted by molar-refractivity contribution is 6.34. The summed E-state index contributed by atoms with van der Waals surface area (Å²) < 4.78 is 30.5. The Hall–Kier alpha value is -4.05. The second-order valence-electron chi connectivity index (χ2n) is 8.00. The van der Waals surface area contributed by atoms with E-state index in [0.29, 0.717) is 42.8 Å². The number of piperazine rings is 1. The summed E-state index contributed by atoms with van der Waals surface area (Å²) in [6, 6.07) is 5.04. The summed E-state index contributed by atoms with van der Waals surface area (Å²) in [5.74, 6) is -2.49. The Kier molecular flexibility index (Phi) is 5.60. The molecular formula is C24H18ClF2N5O3. The van der Waals surface area contributed by atoms with Gasteiger partial charge < -0.3 is 19.9 Å². The molecule has 1 fully saturated rings. The van der Waals surface area contributed by atoms with Gasteiger partial charge in [-0.2, -0.15) is 0 Å². The zero-order chi connectivity index (χ0) is 24.9. The lowest BCUT2D eigenvalue weighted by Gasteiger charge is -2.36. The highest BCUT2D eigenvalue weighted by Gasteiger charge is 2.28. The standard InChI is InChI=1S/C24H18ClF2N5O3/c1-2-17(35)31-6-8-32(9-7-31)23-12-10-13(25)18(19-14(26)4-3-5-15(19)33)20(27)21(12)30-24-22(23)28-11-16(34)29-24/h2-5,10-11,33H,1,6-9H2,(H,29,30,34). The number of carbonyl (C=O) groups is 1. The van der Waals surface area contributed by atoms with Crippen LogP contribution < -0.4 is 10.5 Å². The number of aromatic hydroxyl groups is 1. The molecule has 0 bridgehead atoms. The summed E-state index contributed by atoms with van der Waals surface area (Å²) in [6.07, 6.45) is 2.34. The molecule has 8 nitrogen and oxygen atoms in total. The summed E-state index contributed by atoms with van der Waals surface area (Å²) in [6.45, 7) is 5.07. The number of amides is 1. The van der Waals surface area contributed by atoms with Crippen molar-refractivity contribution in [2.75, 3.05) is 31.1 Å². The molecule has 2 N–H and O–H groups in total. The van der Waals surface area contributed by atoms with Gasteiger partial charge >= 0.3 is 0 Å². The number of H-pyrrole nitrogens is 1. The van der Waals surface area contributed by atoms with E-state index in [1.165, 1.54) is 24.3 Å². The second-order valence-corrected chi connectivity index (χ2v) is 8.41. The number of aromatic amines is 1. The monoisotopic (exact) mass is 497 g/mol. The molecule has 4 aromatic rings. The number of anilines is 1. The number of nitrogens with zero attached hydrogens (tertiary/aromatic N) is 4. The van der Waals surface area contributed by atoms with Gasteiger partial charge in [0.25, 0.3) is 5.56 Å². The Morgan fingerprint density at radius 1 is 1.17 bits per heavy atom. The van der Waals surface area contributed by atoms with E-state index in [1.54, 1.807) is 4.90 Å². The Bertz CT molecular complexity index is 1560. The zero-order valence-electron chi connectivity index (χ0n) is 18.2. The predicted octanol–water partition coefficient (Wildman–Crippen LogP) is 3.61. The third-order valence-corrected chi connectivity index (χ3v) is 6.29. The molecule has 0 unspecified atom stereocenters.